The molecular formula is C9H12O2. The Balaban J connectivity index is 2.61. The first-order chi connectivity index (χ1) is 5.27. The number of ether oxygens (including phenoxy) is 1. The van der Waals surface area contributed by atoms with Gasteiger partial charge in [0.2, 0.25) is 0 Å². The Morgan fingerprint density at radius 2 is 2.45 bits per heavy atom. The van der Waals surface area contributed by atoms with E-state index in [4.69, 9.17) is 4.74 Å². The van der Waals surface area contributed by atoms with Crippen molar-refractivity contribution in [1.82, 2.24) is 0 Å². The number of rotatable bonds is 1. The smallest absolute Gasteiger partial charge is 0.334 e. The van der Waals surface area contributed by atoms with Crippen molar-refractivity contribution in [3.63, 3.8) is 0 Å². The molecule has 0 aromatic rings. The minimum Gasteiger partial charge on any atom is -0.455 e. The van der Waals surface area contributed by atoms with Gasteiger partial charge in [0.05, 0.1) is 0 Å². The summed E-state index contributed by atoms with van der Waals surface area (Å²) in [7, 11) is 0. The lowest BCUT2D eigenvalue weighted by Crippen LogP contribution is -2.23. The standard InChI is InChI=1S/C9H12O2/c1-3-7-5-6-8(4-2)11-9(7)10/h3-4,8H,2,5-6H2,1H3/b7-3+/t8-/m0/s1. The number of allylic oxidation sites excluding steroid dienone is 1. The van der Waals surface area contributed by atoms with E-state index in [1.54, 1.807) is 6.08 Å². The molecule has 1 atom stereocenters. The second kappa shape index (κ2) is 3.37. The number of cyclic esters (lactones) is 1. The second-order valence-corrected chi connectivity index (χ2v) is 2.53. The van der Waals surface area contributed by atoms with Crippen LogP contribution >= 0.6 is 0 Å². The van der Waals surface area contributed by atoms with Gasteiger partial charge in [0.15, 0.2) is 0 Å². The maximum absolute atomic E-state index is 11.1. The summed E-state index contributed by atoms with van der Waals surface area (Å²) >= 11 is 0. The molecule has 0 saturated carbocycles. The zero-order valence-corrected chi connectivity index (χ0v) is 6.67. The quantitative estimate of drug-likeness (QED) is 0.325. The van der Waals surface area contributed by atoms with Gasteiger partial charge in [0.25, 0.3) is 0 Å². The van der Waals surface area contributed by atoms with Crippen molar-refractivity contribution in [2.24, 2.45) is 0 Å². The molecule has 1 aliphatic heterocycles. The first kappa shape index (κ1) is 8.05. The number of hydrogen-bond acceptors (Lipinski definition) is 2. The van der Waals surface area contributed by atoms with Gasteiger partial charge >= 0.3 is 5.97 Å². The molecule has 2 heteroatoms. The molecule has 1 fully saturated rings. The minimum absolute atomic E-state index is 0.0776. The van der Waals surface area contributed by atoms with Gasteiger partial charge < -0.3 is 4.74 Å². The highest BCUT2D eigenvalue weighted by Crippen LogP contribution is 2.19. The lowest BCUT2D eigenvalue weighted by molar-refractivity contribution is -0.145. The molecule has 1 rings (SSSR count). The van der Waals surface area contributed by atoms with E-state index in [0.29, 0.717) is 0 Å². The molecule has 0 radical (unpaired) electrons. The Morgan fingerprint density at radius 3 is 2.91 bits per heavy atom. The maximum Gasteiger partial charge on any atom is 0.334 e. The topological polar surface area (TPSA) is 26.3 Å². The van der Waals surface area contributed by atoms with Crippen LogP contribution < -0.4 is 0 Å². The molecule has 0 bridgehead atoms. The Morgan fingerprint density at radius 1 is 1.73 bits per heavy atom. The molecule has 0 N–H and O–H groups in total. The summed E-state index contributed by atoms with van der Waals surface area (Å²) < 4.78 is 5.01. The van der Waals surface area contributed by atoms with Crippen LogP contribution in [0.15, 0.2) is 24.3 Å². The molecule has 0 aliphatic carbocycles. The SMILES string of the molecule is C=C[C@H]1CC/C(=C\C)C(=O)O1. The van der Waals surface area contributed by atoms with Gasteiger partial charge in [-0.05, 0) is 19.8 Å². The first-order valence-corrected chi connectivity index (χ1v) is 3.76. The van der Waals surface area contributed by atoms with Crippen molar-refractivity contribution < 1.29 is 9.53 Å². The Hall–Kier alpha value is -1.05. The van der Waals surface area contributed by atoms with E-state index in [1.165, 1.54) is 0 Å². The first-order valence-electron chi connectivity index (χ1n) is 3.76. The minimum atomic E-state index is -0.191. The third-order valence-corrected chi connectivity index (χ3v) is 1.83. The van der Waals surface area contributed by atoms with Crippen molar-refractivity contribution in [2.75, 3.05) is 0 Å². The Kier molecular flexibility index (Phi) is 2.47. The van der Waals surface area contributed by atoms with E-state index in [1.807, 2.05) is 13.0 Å². The van der Waals surface area contributed by atoms with Crippen LogP contribution in [0.4, 0.5) is 0 Å². The molecular weight excluding hydrogens is 140 g/mol. The summed E-state index contributed by atoms with van der Waals surface area (Å²) in [5.74, 6) is -0.191. The molecule has 11 heavy (non-hydrogen) atoms. The predicted molar refractivity (Wildman–Crippen MR) is 43.1 cm³/mol. The van der Waals surface area contributed by atoms with E-state index in [2.05, 4.69) is 6.58 Å². The van der Waals surface area contributed by atoms with Gasteiger partial charge in [0, 0.05) is 5.57 Å². The average molecular weight is 152 g/mol. The van der Waals surface area contributed by atoms with Gasteiger partial charge in [-0.2, -0.15) is 0 Å². The number of carbonyl (C=O) groups excluding carboxylic acids is 1. The zero-order chi connectivity index (χ0) is 8.27. The highest BCUT2D eigenvalue weighted by atomic mass is 16.5. The van der Waals surface area contributed by atoms with E-state index in [-0.39, 0.29) is 12.1 Å². The highest BCUT2D eigenvalue weighted by molar-refractivity contribution is 5.89. The molecule has 0 spiro atoms. The van der Waals surface area contributed by atoms with Gasteiger partial charge in [-0.3, -0.25) is 0 Å². The van der Waals surface area contributed by atoms with Crippen LogP contribution in [0.1, 0.15) is 19.8 Å². The third kappa shape index (κ3) is 1.70. The van der Waals surface area contributed by atoms with Crippen LogP contribution in [-0.2, 0) is 9.53 Å². The average Bonchev–Trinajstić information content (AvgIpc) is 2.04. The second-order valence-electron chi connectivity index (χ2n) is 2.53. The van der Waals surface area contributed by atoms with Crippen LogP contribution in [0.2, 0.25) is 0 Å². The summed E-state index contributed by atoms with van der Waals surface area (Å²) in [6.45, 7) is 5.42. The molecule has 1 heterocycles. The van der Waals surface area contributed by atoms with Crippen LogP contribution in [0.5, 0.6) is 0 Å². The molecule has 60 valence electrons. The molecule has 0 aromatic carbocycles. The maximum atomic E-state index is 11.1. The molecule has 0 amide bonds. The number of esters is 1. The fourth-order valence-electron chi connectivity index (χ4n) is 1.10. The highest BCUT2D eigenvalue weighted by Gasteiger charge is 2.21. The Bertz CT molecular complexity index is 204. The largest absolute Gasteiger partial charge is 0.455 e. The van der Waals surface area contributed by atoms with Crippen LogP contribution in [0, 0.1) is 0 Å². The van der Waals surface area contributed by atoms with E-state index in [9.17, 15) is 4.79 Å². The summed E-state index contributed by atoms with van der Waals surface area (Å²) in [6.07, 6.45) is 5.08. The monoisotopic (exact) mass is 152 g/mol. The fraction of sp³-hybridized carbons (Fsp3) is 0.444. The van der Waals surface area contributed by atoms with Crippen molar-refractivity contribution in [3.05, 3.63) is 24.3 Å². The van der Waals surface area contributed by atoms with Gasteiger partial charge in [-0.15, -0.1) is 0 Å². The Labute approximate surface area is 66.5 Å². The lowest BCUT2D eigenvalue weighted by atomic mass is 10.0. The van der Waals surface area contributed by atoms with E-state index in [0.717, 1.165) is 18.4 Å². The molecule has 0 aromatic heterocycles. The fourth-order valence-corrected chi connectivity index (χ4v) is 1.10. The van der Waals surface area contributed by atoms with Crippen LogP contribution in [0.25, 0.3) is 0 Å². The zero-order valence-electron chi connectivity index (χ0n) is 6.67. The van der Waals surface area contributed by atoms with E-state index < -0.39 is 0 Å². The molecule has 1 aliphatic rings. The molecule has 0 unspecified atom stereocenters. The molecule has 2 nitrogen and oxygen atoms in total. The van der Waals surface area contributed by atoms with Gasteiger partial charge in [0.1, 0.15) is 6.10 Å². The normalized spacial score (nSPS) is 28.3. The summed E-state index contributed by atoms with van der Waals surface area (Å²) in [5.41, 5.74) is 0.781. The summed E-state index contributed by atoms with van der Waals surface area (Å²) in [6, 6.07) is 0. The van der Waals surface area contributed by atoms with Crippen molar-refractivity contribution in [2.45, 2.75) is 25.9 Å². The van der Waals surface area contributed by atoms with Gasteiger partial charge in [-0.25, -0.2) is 4.79 Å². The van der Waals surface area contributed by atoms with Crippen molar-refractivity contribution in [3.8, 4) is 0 Å². The van der Waals surface area contributed by atoms with Crippen LogP contribution in [0.3, 0.4) is 0 Å². The number of hydrogen-bond donors (Lipinski definition) is 0. The van der Waals surface area contributed by atoms with E-state index >= 15 is 0 Å². The summed E-state index contributed by atoms with van der Waals surface area (Å²) in [5, 5.41) is 0. The lowest BCUT2D eigenvalue weighted by Gasteiger charge is -2.20. The predicted octanol–water partition coefficient (Wildman–Crippen LogP) is 1.82. The van der Waals surface area contributed by atoms with Crippen LogP contribution in [-0.4, -0.2) is 12.1 Å². The third-order valence-electron chi connectivity index (χ3n) is 1.83. The molecule has 1 saturated heterocycles. The van der Waals surface area contributed by atoms with Crippen molar-refractivity contribution in [1.29, 1.82) is 0 Å². The van der Waals surface area contributed by atoms with Gasteiger partial charge in [-0.1, -0.05) is 18.7 Å². The van der Waals surface area contributed by atoms with Crippen molar-refractivity contribution >= 4 is 5.97 Å². The number of carbonyl (C=O) groups is 1. The summed E-state index contributed by atoms with van der Waals surface area (Å²) in [4.78, 5) is 11.1.